The van der Waals surface area contributed by atoms with Crippen LogP contribution in [0.5, 0.6) is 5.75 Å². The minimum atomic E-state index is -0.709. The van der Waals surface area contributed by atoms with Crippen molar-refractivity contribution in [3.63, 3.8) is 0 Å². The Labute approximate surface area is 128 Å². The van der Waals surface area contributed by atoms with Gasteiger partial charge in [-0.25, -0.2) is 9.69 Å². The Bertz CT molecular complexity index is 570. The van der Waals surface area contributed by atoms with E-state index in [4.69, 9.17) is 9.47 Å². The summed E-state index contributed by atoms with van der Waals surface area (Å²) in [6, 6.07) is 5.39. The highest BCUT2D eigenvalue weighted by Crippen LogP contribution is 2.23. The number of esters is 1. The molecule has 1 aliphatic rings. The van der Waals surface area contributed by atoms with Crippen molar-refractivity contribution >= 4 is 23.6 Å². The van der Waals surface area contributed by atoms with Crippen molar-refractivity contribution in [2.24, 2.45) is 0 Å². The molecule has 1 fully saturated rings. The molecule has 7 heteroatoms. The second kappa shape index (κ2) is 6.93. The highest BCUT2D eigenvalue weighted by atomic mass is 16.5. The Kier molecular flexibility index (Phi) is 4.98. The number of nitrogens with one attached hydrogen (secondary N) is 1. The minimum Gasteiger partial charge on any atom is -0.497 e. The van der Waals surface area contributed by atoms with E-state index in [0.717, 1.165) is 4.90 Å². The number of rotatable bonds is 6. The molecule has 0 radical (unpaired) electrons. The van der Waals surface area contributed by atoms with Crippen molar-refractivity contribution in [2.75, 3.05) is 18.6 Å². The van der Waals surface area contributed by atoms with E-state index in [1.807, 2.05) is 0 Å². The standard InChI is InChI=1S/C15H18N2O5/c1-3-22-13(18)9-8-12-14(19)17(15(20)16-12)10-4-6-11(21-2)7-5-10/h4-7,12H,3,8-9H2,1-2H3,(H,16,20). The highest BCUT2D eigenvalue weighted by Gasteiger charge is 2.38. The largest absolute Gasteiger partial charge is 0.497 e. The first-order chi connectivity index (χ1) is 10.6. The lowest BCUT2D eigenvalue weighted by molar-refractivity contribution is -0.143. The zero-order valence-electron chi connectivity index (χ0n) is 12.5. The van der Waals surface area contributed by atoms with Crippen molar-refractivity contribution < 1.29 is 23.9 Å². The van der Waals surface area contributed by atoms with Crippen LogP contribution in [0.25, 0.3) is 0 Å². The van der Waals surface area contributed by atoms with Crippen LogP contribution in [0.2, 0.25) is 0 Å². The molecule has 0 aromatic heterocycles. The maximum absolute atomic E-state index is 12.3. The molecule has 22 heavy (non-hydrogen) atoms. The number of hydrogen-bond donors (Lipinski definition) is 1. The molecule has 7 nitrogen and oxygen atoms in total. The smallest absolute Gasteiger partial charge is 0.329 e. The van der Waals surface area contributed by atoms with Gasteiger partial charge >= 0.3 is 12.0 Å². The summed E-state index contributed by atoms with van der Waals surface area (Å²) in [5.74, 6) is -0.124. The van der Waals surface area contributed by atoms with Crippen molar-refractivity contribution in [1.82, 2.24) is 5.32 Å². The maximum atomic E-state index is 12.3. The number of hydrogen-bond acceptors (Lipinski definition) is 5. The van der Waals surface area contributed by atoms with E-state index >= 15 is 0 Å². The van der Waals surface area contributed by atoms with Crippen molar-refractivity contribution in [3.05, 3.63) is 24.3 Å². The fraction of sp³-hybridized carbons (Fsp3) is 0.400. The van der Waals surface area contributed by atoms with Crippen LogP contribution in [-0.4, -0.2) is 37.7 Å². The van der Waals surface area contributed by atoms with Gasteiger partial charge in [0.2, 0.25) is 0 Å². The summed E-state index contributed by atoms with van der Waals surface area (Å²) in [6.07, 6.45) is 0.303. The average Bonchev–Trinajstić information content (AvgIpc) is 2.80. The SMILES string of the molecule is CCOC(=O)CCC1NC(=O)N(c2ccc(OC)cc2)C1=O. The van der Waals surface area contributed by atoms with E-state index in [0.29, 0.717) is 18.0 Å². The lowest BCUT2D eigenvalue weighted by Crippen LogP contribution is -2.31. The Morgan fingerprint density at radius 2 is 1.95 bits per heavy atom. The third-order valence-corrected chi connectivity index (χ3v) is 3.29. The van der Waals surface area contributed by atoms with Gasteiger partial charge in [-0.1, -0.05) is 0 Å². The van der Waals surface area contributed by atoms with Crippen LogP contribution in [-0.2, 0) is 14.3 Å². The molecule has 2 rings (SSSR count). The summed E-state index contributed by atoms with van der Waals surface area (Å²) in [5, 5.41) is 2.58. The van der Waals surface area contributed by atoms with E-state index < -0.39 is 12.1 Å². The van der Waals surface area contributed by atoms with E-state index in [9.17, 15) is 14.4 Å². The van der Waals surface area contributed by atoms with Crippen LogP contribution in [0.1, 0.15) is 19.8 Å². The second-order valence-corrected chi connectivity index (χ2v) is 4.72. The summed E-state index contributed by atoms with van der Waals surface area (Å²) in [7, 11) is 1.54. The monoisotopic (exact) mass is 306 g/mol. The summed E-state index contributed by atoms with van der Waals surface area (Å²) < 4.78 is 9.85. The molecule has 1 atom stereocenters. The van der Waals surface area contributed by atoms with Crippen molar-refractivity contribution in [1.29, 1.82) is 0 Å². The van der Waals surface area contributed by atoms with E-state index in [-0.39, 0.29) is 24.7 Å². The molecule has 118 valence electrons. The van der Waals surface area contributed by atoms with Gasteiger partial charge in [-0.2, -0.15) is 0 Å². The predicted molar refractivity (Wildman–Crippen MR) is 78.7 cm³/mol. The Hall–Kier alpha value is -2.57. The normalized spacial score (nSPS) is 17.4. The number of ether oxygens (including phenoxy) is 2. The molecule has 1 saturated heterocycles. The van der Waals surface area contributed by atoms with Crippen LogP contribution >= 0.6 is 0 Å². The first-order valence-corrected chi connectivity index (χ1v) is 7.01. The number of benzene rings is 1. The molecule has 0 bridgehead atoms. The number of methoxy groups -OCH3 is 1. The van der Waals surface area contributed by atoms with Gasteiger partial charge in [0, 0.05) is 6.42 Å². The predicted octanol–water partition coefficient (Wildman–Crippen LogP) is 1.46. The quantitative estimate of drug-likeness (QED) is 0.635. The van der Waals surface area contributed by atoms with Gasteiger partial charge in [0.25, 0.3) is 5.91 Å². The average molecular weight is 306 g/mol. The fourth-order valence-corrected chi connectivity index (χ4v) is 2.20. The maximum Gasteiger partial charge on any atom is 0.329 e. The van der Waals surface area contributed by atoms with E-state index in [1.165, 1.54) is 7.11 Å². The molecule has 1 unspecified atom stereocenters. The minimum absolute atomic E-state index is 0.0843. The first-order valence-electron chi connectivity index (χ1n) is 7.01. The van der Waals surface area contributed by atoms with E-state index in [2.05, 4.69) is 5.32 Å². The number of carbonyl (C=O) groups is 3. The third-order valence-electron chi connectivity index (χ3n) is 3.29. The zero-order chi connectivity index (χ0) is 16.1. The van der Waals surface area contributed by atoms with Gasteiger partial charge in [-0.15, -0.1) is 0 Å². The fourth-order valence-electron chi connectivity index (χ4n) is 2.20. The van der Waals surface area contributed by atoms with Gasteiger partial charge in [-0.05, 0) is 37.6 Å². The number of anilines is 1. The molecular formula is C15H18N2O5. The van der Waals surface area contributed by atoms with Crippen LogP contribution in [0.3, 0.4) is 0 Å². The van der Waals surface area contributed by atoms with Gasteiger partial charge < -0.3 is 14.8 Å². The van der Waals surface area contributed by atoms with Gasteiger partial charge in [0.15, 0.2) is 0 Å². The number of amides is 3. The van der Waals surface area contributed by atoms with Gasteiger partial charge in [0.1, 0.15) is 11.8 Å². The molecule has 1 N–H and O–H groups in total. The van der Waals surface area contributed by atoms with Crippen LogP contribution in [0.15, 0.2) is 24.3 Å². The Balaban J connectivity index is 2.03. The van der Waals surface area contributed by atoms with Crippen LogP contribution in [0.4, 0.5) is 10.5 Å². The molecule has 0 aliphatic carbocycles. The molecule has 1 heterocycles. The lowest BCUT2D eigenvalue weighted by atomic mass is 10.1. The Morgan fingerprint density at radius 3 is 2.55 bits per heavy atom. The summed E-state index contributed by atoms with van der Waals surface area (Å²) >= 11 is 0. The van der Waals surface area contributed by atoms with Crippen LogP contribution < -0.4 is 15.0 Å². The Morgan fingerprint density at radius 1 is 1.27 bits per heavy atom. The van der Waals surface area contributed by atoms with Crippen LogP contribution in [0, 0.1) is 0 Å². The third kappa shape index (κ3) is 3.36. The topological polar surface area (TPSA) is 84.9 Å². The van der Waals surface area contributed by atoms with Crippen molar-refractivity contribution in [2.45, 2.75) is 25.8 Å². The number of imide groups is 1. The summed E-state index contributed by atoms with van der Waals surface area (Å²) in [5.41, 5.74) is 0.460. The number of urea groups is 1. The zero-order valence-corrected chi connectivity index (χ0v) is 12.5. The second-order valence-electron chi connectivity index (χ2n) is 4.72. The summed E-state index contributed by atoms with van der Waals surface area (Å²) in [6.45, 7) is 2.01. The molecule has 0 saturated carbocycles. The number of carbonyl (C=O) groups excluding carboxylic acids is 3. The molecule has 0 spiro atoms. The molecular weight excluding hydrogens is 288 g/mol. The highest BCUT2D eigenvalue weighted by molar-refractivity contribution is 6.21. The molecule has 3 amide bonds. The first kappa shape index (κ1) is 15.8. The molecule has 1 aromatic carbocycles. The molecule has 1 aromatic rings. The van der Waals surface area contributed by atoms with Gasteiger partial charge in [-0.3, -0.25) is 9.59 Å². The number of nitrogens with zero attached hydrogens (tertiary/aromatic N) is 1. The molecule has 1 aliphatic heterocycles. The van der Waals surface area contributed by atoms with Gasteiger partial charge in [0.05, 0.1) is 19.4 Å². The summed E-state index contributed by atoms with van der Waals surface area (Å²) in [4.78, 5) is 36.7. The lowest BCUT2D eigenvalue weighted by Gasteiger charge is -2.13. The van der Waals surface area contributed by atoms with E-state index in [1.54, 1.807) is 31.2 Å². The van der Waals surface area contributed by atoms with Crippen molar-refractivity contribution in [3.8, 4) is 5.75 Å².